The summed E-state index contributed by atoms with van der Waals surface area (Å²) < 4.78 is 10.5. The molecule has 3 atom stereocenters. The summed E-state index contributed by atoms with van der Waals surface area (Å²) in [5, 5.41) is 9.24. The molecule has 0 aromatic rings. The molecule has 3 unspecified atom stereocenters. The second-order valence-electron chi connectivity index (χ2n) is 5.34. The second-order valence-corrected chi connectivity index (χ2v) is 5.34. The van der Waals surface area contributed by atoms with Crippen molar-refractivity contribution in [2.75, 3.05) is 19.8 Å². The lowest BCUT2D eigenvalue weighted by molar-refractivity contribution is -0.141. The summed E-state index contributed by atoms with van der Waals surface area (Å²) >= 11 is 0. The van der Waals surface area contributed by atoms with Crippen LogP contribution in [0.5, 0.6) is 0 Å². The Morgan fingerprint density at radius 2 is 2.30 bits per heavy atom. The van der Waals surface area contributed by atoms with E-state index in [0.717, 1.165) is 25.9 Å². The van der Waals surface area contributed by atoms with Gasteiger partial charge in [0.15, 0.2) is 0 Å². The minimum atomic E-state index is -0.976. The maximum Gasteiger partial charge on any atom is 0.410 e. The number of carboxylic acid groups (broad SMARTS) is 1. The van der Waals surface area contributed by atoms with Gasteiger partial charge in [0.05, 0.1) is 6.10 Å². The quantitative estimate of drug-likeness (QED) is 0.776. The van der Waals surface area contributed by atoms with Crippen LogP contribution in [-0.4, -0.2) is 54.0 Å². The van der Waals surface area contributed by atoms with Crippen molar-refractivity contribution >= 4 is 12.1 Å². The van der Waals surface area contributed by atoms with Crippen LogP contribution in [0.1, 0.15) is 25.7 Å². The first-order valence-corrected chi connectivity index (χ1v) is 7.00. The third-order valence-electron chi connectivity index (χ3n) is 3.85. The number of hydrogen-bond donors (Lipinski definition) is 1. The largest absolute Gasteiger partial charge is 0.480 e. The fraction of sp³-hybridized carbons (Fsp3) is 0.714. The molecule has 0 spiro atoms. The van der Waals surface area contributed by atoms with Gasteiger partial charge in [0.1, 0.15) is 12.6 Å². The monoisotopic (exact) mass is 283 g/mol. The van der Waals surface area contributed by atoms with Crippen LogP contribution in [0, 0.1) is 5.92 Å². The van der Waals surface area contributed by atoms with Gasteiger partial charge < -0.3 is 14.6 Å². The van der Waals surface area contributed by atoms with E-state index in [1.54, 1.807) is 0 Å². The van der Waals surface area contributed by atoms with E-state index in [0.29, 0.717) is 13.0 Å². The van der Waals surface area contributed by atoms with E-state index in [9.17, 15) is 14.7 Å². The van der Waals surface area contributed by atoms with Crippen LogP contribution < -0.4 is 0 Å². The summed E-state index contributed by atoms with van der Waals surface area (Å²) in [6.07, 6.45) is 4.46. The van der Waals surface area contributed by atoms with Crippen molar-refractivity contribution < 1.29 is 24.2 Å². The molecule has 0 radical (unpaired) electrons. The molecule has 0 aromatic carbocycles. The number of carboxylic acids is 1. The minimum Gasteiger partial charge on any atom is -0.480 e. The van der Waals surface area contributed by atoms with Crippen molar-refractivity contribution in [1.82, 2.24) is 4.90 Å². The third-order valence-corrected chi connectivity index (χ3v) is 3.85. The van der Waals surface area contributed by atoms with Crippen LogP contribution in [0.3, 0.4) is 0 Å². The number of hydrogen-bond acceptors (Lipinski definition) is 4. The smallest absolute Gasteiger partial charge is 0.410 e. The average Bonchev–Trinajstić information content (AvgIpc) is 3.05. The van der Waals surface area contributed by atoms with Crippen molar-refractivity contribution in [3.05, 3.63) is 12.7 Å². The first kappa shape index (κ1) is 14.8. The van der Waals surface area contributed by atoms with Gasteiger partial charge in [0, 0.05) is 13.2 Å². The Hall–Kier alpha value is -1.56. The SMILES string of the molecule is C=CCOC(=O)N1CC(CC2CCCO2)CC1C(=O)O. The maximum absolute atomic E-state index is 11.9. The molecule has 0 aliphatic carbocycles. The zero-order valence-corrected chi connectivity index (χ0v) is 11.5. The molecule has 1 N–H and O–H groups in total. The standard InChI is InChI=1S/C14H21NO5/c1-2-5-20-14(18)15-9-10(8-12(15)13(16)17)7-11-4-3-6-19-11/h2,10-12H,1,3-9H2,(H,16,17). The van der Waals surface area contributed by atoms with Crippen molar-refractivity contribution in [3.8, 4) is 0 Å². The third kappa shape index (κ3) is 3.50. The first-order chi connectivity index (χ1) is 9.61. The van der Waals surface area contributed by atoms with Gasteiger partial charge >= 0.3 is 12.1 Å². The Labute approximate surface area is 118 Å². The van der Waals surface area contributed by atoms with Crippen LogP contribution in [-0.2, 0) is 14.3 Å². The van der Waals surface area contributed by atoms with Crippen molar-refractivity contribution in [2.24, 2.45) is 5.92 Å². The predicted molar refractivity (Wildman–Crippen MR) is 71.4 cm³/mol. The molecule has 0 aromatic heterocycles. The van der Waals surface area contributed by atoms with Crippen LogP contribution >= 0.6 is 0 Å². The molecule has 2 saturated heterocycles. The van der Waals surface area contributed by atoms with Crippen LogP contribution in [0.15, 0.2) is 12.7 Å². The summed E-state index contributed by atoms with van der Waals surface area (Å²) in [6, 6.07) is -0.793. The van der Waals surface area contributed by atoms with Crippen molar-refractivity contribution in [1.29, 1.82) is 0 Å². The van der Waals surface area contributed by atoms with Gasteiger partial charge in [-0.1, -0.05) is 12.7 Å². The van der Waals surface area contributed by atoms with Gasteiger partial charge in [-0.3, -0.25) is 4.90 Å². The molecule has 2 aliphatic rings. The topological polar surface area (TPSA) is 76.1 Å². The lowest BCUT2D eigenvalue weighted by Gasteiger charge is -2.20. The van der Waals surface area contributed by atoms with Crippen LogP contribution in [0.25, 0.3) is 0 Å². The molecule has 2 fully saturated rings. The molecule has 2 aliphatic heterocycles. The zero-order chi connectivity index (χ0) is 14.5. The van der Waals surface area contributed by atoms with Gasteiger partial charge in [-0.2, -0.15) is 0 Å². The number of amides is 1. The number of ether oxygens (including phenoxy) is 2. The molecule has 0 saturated carbocycles. The minimum absolute atomic E-state index is 0.0953. The van der Waals surface area contributed by atoms with E-state index in [1.807, 2.05) is 0 Å². The van der Waals surface area contributed by atoms with Gasteiger partial charge in [0.25, 0.3) is 0 Å². The van der Waals surface area contributed by atoms with Gasteiger partial charge in [-0.15, -0.1) is 0 Å². The summed E-state index contributed by atoms with van der Waals surface area (Å²) in [5.74, 6) is -0.814. The normalized spacial score (nSPS) is 29.4. The number of carbonyl (C=O) groups excluding carboxylic acids is 1. The van der Waals surface area contributed by atoms with Gasteiger partial charge in [-0.05, 0) is 31.6 Å². The highest BCUT2D eigenvalue weighted by atomic mass is 16.6. The fourth-order valence-electron chi connectivity index (χ4n) is 2.94. The molecule has 112 valence electrons. The molecule has 2 rings (SSSR count). The highest BCUT2D eigenvalue weighted by molar-refractivity contribution is 5.80. The van der Waals surface area contributed by atoms with Crippen molar-refractivity contribution in [3.63, 3.8) is 0 Å². The first-order valence-electron chi connectivity index (χ1n) is 7.00. The molecule has 20 heavy (non-hydrogen) atoms. The average molecular weight is 283 g/mol. The Bertz CT molecular complexity index is 378. The number of rotatable bonds is 5. The van der Waals surface area contributed by atoms with E-state index in [2.05, 4.69) is 6.58 Å². The van der Waals surface area contributed by atoms with E-state index < -0.39 is 18.1 Å². The molecular formula is C14H21NO5. The Morgan fingerprint density at radius 3 is 2.90 bits per heavy atom. The van der Waals surface area contributed by atoms with Gasteiger partial charge in [0.2, 0.25) is 0 Å². The van der Waals surface area contributed by atoms with E-state index in [-0.39, 0.29) is 18.6 Å². The summed E-state index contributed by atoms with van der Waals surface area (Å²) in [5.41, 5.74) is 0. The van der Waals surface area contributed by atoms with Gasteiger partial charge in [-0.25, -0.2) is 9.59 Å². The Morgan fingerprint density at radius 1 is 1.50 bits per heavy atom. The highest BCUT2D eigenvalue weighted by Crippen LogP contribution is 2.30. The highest BCUT2D eigenvalue weighted by Gasteiger charge is 2.41. The number of likely N-dealkylation sites (tertiary alicyclic amines) is 1. The van der Waals surface area contributed by atoms with Crippen LogP contribution in [0.2, 0.25) is 0 Å². The van der Waals surface area contributed by atoms with Crippen molar-refractivity contribution in [2.45, 2.75) is 37.8 Å². The summed E-state index contributed by atoms with van der Waals surface area (Å²) in [6.45, 7) is 4.77. The molecule has 6 nitrogen and oxygen atoms in total. The molecule has 6 heteroatoms. The van der Waals surface area contributed by atoms with E-state index in [1.165, 1.54) is 11.0 Å². The zero-order valence-electron chi connectivity index (χ0n) is 11.5. The maximum atomic E-state index is 11.9. The van der Waals surface area contributed by atoms with E-state index in [4.69, 9.17) is 9.47 Å². The summed E-state index contributed by atoms with van der Waals surface area (Å²) in [4.78, 5) is 24.4. The number of carbonyl (C=O) groups is 2. The number of aliphatic carboxylic acids is 1. The van der Waals surface area contributed by atoms with E-state index >= 15 is 0 Å². The second kappa shape index (κ2) is 6.74. The molecule has 0 bridgehead atoms. The number of nitrogens with zero attached hydrogens (tertiary/aromatic N) is 1. The summed E-state index contributed by atoms with van der Waals surface area (Å²) in [7, 11) is 0. The lowest BCUT2D eigenvalue weighted by atomic mass is 9.97. The molecule has 1 amide bonds. The molecule has 2 heterocycles. The Balaban J connectivity index is 1.93. The molecular weight excluding hydrogens is 262 g/mol. The lowest BCUT2D eigenvalue weighted by Crippen LogP contribution is -2.40. The predicted octanol–water partition coefficient (Wildman–Crippen LogP) is 1.65. The fourth-order valence-corrected chi connectivity index (χ4v) is 2.94. The Kier molecular flexibility index (Phi) is 5.00. The van der Waals surface area contributed by atoms with Crippen LogP contribution in [0.4, 0.5) is 4.79 Å².